The van der Waals surface area contributed by atoms with Gasteiger partial charge in [-0.25, -0.2) is 0 Å². The summed E-state index contributed by atoms with van der Waals surface area (Å²) in [5, 5.41) is 0. The zero-order chi connectivity index (χ0) is 12.3. The zero-order valence-electron chi connectivity index (χ0n) is 10.5. The summed E-state index contributed by atoms with van der Waals surface area (Å²) in [4.78, 5) is 16.1. The Bertz CT molecular complexity index is 362. The van der Waals surface area contributed by atoms with E-state index in [1.165, 1.54) is 9.75 Å². The van der Waals surface area contributed by atoms with Crippen molar-refractivity contribution < 1.29 is 9.53 Å². The summed E-state index contributed by atoms with van der Waals surface area (Å²) in [7, 11) is 3.37. The minimum Gasteiger partial charge on any atom is -0.372 e. The number of carbonyl (C=O) groups is 1. The van der Waals surface area contributed by atoms with Crippen LogP contribution in [0.5, 0.6) is 0 Å². The maximum Gasteiger partial charge on any atom is 0.251 e. The van der Waals surface area contributed by atoms with Gasteiger partial charge in [0.15, 0.2) is 0 Å². The number of carbonyl (C=O) groups excluding carboxylic acids is 1. The first-order chi connectivity index (χ1) is 7.47. The molecule has 0 aliphatic carbocycles. The molecule has 1 amide bonds. The van der Waals surface area contributed by atoms with Gasteiger partial charge in [0.1, 0.15) is 6.10 Å². The van der Waals surface area contributed by atoms with Crippen LogP contribution in [0, 0.1) is 6.92 Å². The Balaban J connectivity index is 2.74. The Morgan fingerprint density at radius 1 is 1.44 bits per heavy atom. The van der Waals surface area contributed by atoms with E-state index in [1.54, 1.807) is 30.3 Å². The number of ether oxygens (including phenoxy) is 1. The first kappa shape index (κ1) is 13.2. The van der Waals surface area contributed by atoms with Gasteiger partial charge in [0.05, 0.1) is 6.04 Å². The highest BCUT2D eigenvalue weighted by atomic mass is 32.1. The molecule has 1 heterocycles. The number of hydrogen-bond donors (Lipinski definition) is 0. The third-order valence-electron chi connectivity index (χ3n) is 2.80. The van der Waals surface area contributed by atoms with Crippen LogP contribution in [0.25, 0.3) is 0 Å². The van der Waals surface area contributed by atoms with Crippen LogP contribution >= 0.6 is 11.3 Å². The van der Waals surface area contributed by atoms with Crippen molar-refractivity contribution in [1.29, 1.82) is 0 Å². The molecule has 1 aromatic heterocycles. The summed E-state index contributed by atoms with van der Waals surface area (Å²) in [6.07, 6.45) is -0.381. The van der Waals surface area contributed by atoms with E-state index in [1.807, 2.05) is 14.0 Å². The number of nitrogens with zero attached hydrogens (tertiary/aromatic N) is 1. The Morgan fingerprint density at radius 3 is 2.50 bits per heavy atom. The molecule has 0 aliphatic heterocycles. The molecule has 0 radical (unpaired) electrons. The molecule has 0 bridgehead atoms. The van der Waals surface area contributed by atoms with Gasteiger partial charge in [-0.1, -0.05) is 0 Å². The van der Waals surface area contributed by atoms with Gasteiger partial charge in [0.25, 0.3) is 5.91 Å². The third-order valence-corrected chi connectivity index (χ3v) is 3.97. The molecule has 1 rings (SSSR count). The molecule has 0 saturated carbocycles. The average Bonchev–Trinajstić information content (AvgIpc) is 2.71. The maximum atomic E-state index is 11.9. The molecule has 16 heavy (non-hydrogen) atoms. The van der Waals surface area contributed by atoms with Crippen molar-refractivity contribution >= 4 is 17.2 Å². The van der Waals surface area contributed by atoms with Gasteiger partial charge in [-0.05, 0) is 32.9 Å². The van der Waals surface area contributed by atoms with E-state index in [0.717, 1.165) is 0 Å². The molecule has 1 aromatic rings. The fraction of sp³-hybridized carbons (Fsp3) is 0.583. The lowest BCUT2D eigenvalue weighted by atomic mass is 10.2. The summed E-state index contributed by atoms with van der Waals surface area (Å²) in [5.74, 6) is 0.0149. The Morgan fingerprint density at radius 2 is 2.06 bits per heavy atom. The largest absolute Gasteiger partial charge is 0.372 e. The van der Waals surface area contributed by atoms with Crippen LogP contribution in [0.1, 0.15) is 29.6 Å². The van der Waals surface area contributed by atoms with E-state index < -0.39 is 0 Å². The van der Waals surface area contributed by atoms with Gasteiger partial charge in [0, 0.05) is 23.9 Å². The number of methoxy groups -OCH3 is 1. The first-order valence-electron chi connectivity index (χ1n) is 5.33. The molecule has 90 valence electrons. The quantitative estimate of drug-likeness (QED) is 0.811. The second-order valence-corrected chi connectivity index (χ2v) is 5.27. The molecule has 0 spiro atoms. The molecule has 0 saturated heterocycles. The molecular weight excluding hydrogens is 222 g/mol. The number of thiophene rings is 1. The molecule has 3 nitrogen and oxygen atoms in total. The fourth-order valence-electron chi connectivity index (χ4n) is 1.45. The van der Waals surface area contributed by atoms with E-state index in [-0.39, 0.29) is 18.1 Å². The summed E-state index contributed by atoms with van der Waals surface area (Å²) < 4.78 is 5.04. The van der Waals surface area contributed by atoms with Gasteiger partial charge >= 0.3 is 0 Å². The molecule has 0 aliphatic rings. The van der Waals surface area contributed by atoms with Crippen molar-refractivity contribution in [3.63, 3.8) is 0 Å². The number of likely N-dealkylation sites (N-methyl/N-ethyl adjacent to an activating group) is 1. The Hall–Kier alpha value is -0.870. The van der Waals surface area contributed by atoms with Crippen LogP contribution in [-0.4, -0.2) is 31.1 Å². The molecule has 2 atom stereocenters. The van der Waals surface area contributed by atoms with Crippen molar-refractivity contribution in [2.75, 3.05) is 14.2 Å². The zero-order valence-corrected chi connectivity index (χ0v) is 11.3. The van der Waals surface area contributed by atoms with E-state index in [2.05, 4.69) is 19.1 Å². The summed E-state index contributed by atoms with van der Waals surface area (Å²) >= 11 is 1.73. The van der Waals surface area contributed by atoms with Crippen LogP contribution in [0.4, 0.5) is 0 Å². The van der Waals surface area contributed by atoms with E-state index in [9.17, 15) is 4.79 Å². The Kier molecular flexibility index (Phi) is 4.50. The molecule has 0 aromatic carbocycles. The molecule has 0 fully saturated rings. The standard InChI is InChI=1S/C12H19NO2S/c1-8-6-7-11(16-8)9(2)13(4)12(14)10(3)15-5/h6-7,9-10H,1-5H3. The lowest BCUT2D eigenvalue weighted by Crippen LogP contribution is -2.37. The van der Waals surface area contributed by atoms with Crippen LogP contribution in [0.2, 0.25) is 0 Å². The lowest BCUT2D eigenvalue weighted by molar-refractivity contribution is -0.141. The summed E-state index contributed by atoms with van der Waals surface area (Å²) in [6.45, 7) is 5.87. The average molecular weight is 241 g/mol. The number of aryl methyl sites for hydroxylation is 1. The van der Waals surface area contributed by atoms with Crippen molar-refractivity contribution in [3.05, 3.63) is 21.9 Å². The summed E-state index contributed by atoms with van der Waals surface area (Å²) in [5.41, 5.74) is 0. The normalized spacial score (nSPS) is 14.6. The van der Waals surface area contributed by atoms with E-state index in [0.29, 0.717) is 0 Å². The van der Waals surface area contributed by atoms with Crippen LogP contribution in [0.15, 0.2) is 12.1 Å². The topological polar surface area (TPSA) is 29.5 Å². The number of hydrogen-bond acceptors (Lipinski definition) is 3. The molecule has 0 N–H and O–H groups in total. The summed E-state index contributed by atoms with van der Waals surface area (Å²) in [6, 6.07) is 4.25. The number of rotatable bonds is 4. The van der Waals surface area contributed by atoms with Gasteiger partial charge in [-0.3, -0.25) is 4.79 Å². The highest BCUT2D eigenvalue weighted by Gasteiger charge is 2.22. The maximum absolute atomic E-state index is 11.9. The van der Waals surface area contributed by atoms with E-state index >= 15 is 0 Å². The number of amides is 1. The highest BCUT2D eigenvalue weighted by Crippen LogP contribution is 2.26. The molecule has 4 heteroatoms. The van der Waals surface area contributed by atoms with E-state index in [4.69, 9.17) is 4.74 Å². The predicted molar refractivity (Wildman–Crippen MR) is 66.7 cm³/mol. The van der Waals surface area contributed by atoms with Crippen LogP contribution < -0.4 is 0 Å². The molecule has 2 unspecified atom stereocenters. The minimum atomic E-state index is -0.381. The van der Waals surface area contributed by atoms with Gasteiger partial charge in [-0.15, -0.1) is 11.3 Å². The minimum absolute atomic E-state index is 0.0149. The van der Waals surface area contributed by atoms with Crippen molar-refractivity contribution in [3.8, 4) is 0 Å². The SMILES string of the molecule is COC(C)C(=O)N(C)C(C)c1ccc(C)s1. The van der Waals surface area contributed by atoms with Crippen molar-refractivity contribution in [2.24, 2.45) is 0 Å². The predicted octanol–water partition coefficient (Wildman–Crippen LogP) is 2.61. The Labute approximate surface area is 101 Å². The van der Waals surface area contributed by atoms with Crippen molar-refractivity contribution in [1.82, 2.24) is 4.90 Å². The third kappa shape index (κ3) is 2.83. The van der Waals surface area contributed by atoms with Crippen LogP contribution in [-0.2, 0) is 9.53 Å². The first-order valence-corrected chi connectivity index (χ1v) is 6.14. The second-order valence-electron chi connectivity index (χ2n) is 3.95. The smallest absolute Gasteiger partial charge is 0.251 e. The van der Waals surface area contributed by atoms with Gasteiger partial charge < -0.3 is 9.64 Å². The highest BCUT2D eigenvalue weighted by molar-refractivity contribution is 7.12. The van der Waals surface area contributed by atoms with Gasteiger partial charge in [-0.2, -0.15) is 0 Å². The van der Waals surface area contributed by atoms with Crippen LogP contribution in [0.3, 0.4) is 0 Å². The van der Waals surface area contributed by atoms with Crippen molar-refractivity contribution in [2.45, 2.75) is 32.9 Å². The fourth-order valence-corrected chi connectivity index (χ4v) is 2.42. The lowest BCUT2D eigenvalue weighted by Gasteiger charge is -2.26. The second kappa shape index (κ2) is 5.46. The monoisotopic (exact) mass is 241 g/mol. The molecular formula is C12H19NO2S. The van der Waals surface area contributed by atoms with Gasteiger partial charge in [0.2, 0.25) is 0 Å².